The first kappa shape index (κ1) is 16.4. The Kier molecular flexibility index (Phi) is 4.36. The van der Waals surface area contributed by atoms with Gasteiger partial charge in [0.1, 0.15) is 11.7 Å². The van der Waals surface area contributed by atoms with Crippen LogP contribution in [0.1, 0.15) is 18.4 Å². The highest BCUT2D eigenvalue weighted by molar-refractivity contribution is 6.30. The van der Waals surface area contributed by atoms with Gasteiger partial charge >= 0.3 is 0 Å². The normalized spacial score (nSPS) is 20.0. The number of anilines is 2. The fraction of sp³-hybridized carbons (Fsp3) is 0.316. The lowest BCUT2D eigenvalue weighted by Gasteiger charge is -2.44. The topological polar surface area (TPSA) is 48.5 Å². The highest BCUT2D eigenvalue weighted by Crippen LogP contribution is 2.36. The van der Waals surface area contributed by atoms with Crippen LogP contribution >= 0.6 is 11.6 Å². The van der Waals surface area contributed by atoms with Crippen molar-refractivity contribution in [2.75, 3.05) is 23.7 Å². The van der Waals surface area contributed by atoms with Crippen molar-refractivity contribution < 1.29 is 4.39 Å². The van der Waals surface area contributed by atoms with Gasteiger partial charge in [-0.1, -0.05) is 23.7 Å². The highest BCUT2D eigenvalue weighted by atomic mass is 35.5. The molecule has 0 bridgehead atoms. The van der Waals surface area contributed by atoms with Gasteiger partial charge in [0, 0.05) is 5.02 Å². The van der Waals surface area contributed by atoms with Gasteiger partial charge in [0.15, 0.2) is 0 Å². The Morgan fingerprint density at radius 2 is 1.92 bits per heavy atom. The number of benzene rings is 2. The molecule has 3 N–H and O–H groups in total. The molecule has 2 heterocycles. The lowest BCUT2D eigenvalue weighted by atomic mass is 9.84. The second kappa shape index (κ2) is 6.65. The number of hydrogen-bond acceptors (Lipinski definition) is 3. The van der Waals surface area contributed by atoms with Crippen molar-refractivity contribution in [2.45, 2.75) is 24.9 Å². The fourth-order valence-electron chi connectivity index (χ4n) is 3.50. The number of amidine groups is 1. The van der Waals surface area contributed by atoms with Crippen LogP contribution in [0, 0.1) is 5.82 Å². The molecule has 0 unspecified atom stereocenters. The van der Waals surface area contributed by atoms with Crippen LogP contribution in [0.3, 0.4) is 0 Å². The standard InChI is InChI=1S/C19H20ClFN4/c20-14-3-1-2-13(10-14)12-23-18-19(6-8-22-9-7-19)25-17-11-15(21)4-5-16(17)24-18/h1-5,10-11,22,25H,6-9,12H2,(H,23,24). The van der Waals surface area contributed by atoms with Crippen LogP contribution in [0.15, 0.2) is 47.5 Å². The summed E-state index contributed by atoms with van der Waals surface area (Å²) >= 11 is 6.07. The molecule has 2 aromatic carbocycles. The van der Waals surface area contributed by atoms with Gasteiger partial charge < -0.3 is 16.0 Å². The van der Waals surface area contributed by atoms with Crippen molar-refractivity contribution in [1.82, 2.24) is 5.32 Å². The first-order valence-corrected chi connectivity index (χ1v) is 8.87. The van der Waals surface area contributed by atoms with Crippen LogP contribution in [0.25, 0.3) is 0 Å². The predicted octanol–water partition coefficient (Wildman–Crippen LogP) is 4.04. The number of nitrogens with zero attached hydrogens (tertiary/aromatic N) is 1. The molecule has 4 rings (SSSR count). The average molecular weight is 359 g/mol. The number of rotatable bonds is 2. The van der Waals surface area contributed by atoms with Crippen LogP contribution in [0.5, 0.6) is 0 Å². The summed E-state index contributed by atoms with van der Waals surface area (Å²) in [5.74, 6) is 0.671. The molecule has 2 aliphatic rings. The molecule has 0 amide bonds. The largest absolute Gasteiger partial charge is 0.371 e. The van der Waals surface area contributed by atoms with Crippen LogP contribution in [-0.4, -0.2) is 24.5 Å². The average Bonchev–Trinajstić information content (AvgIpc) is 2.61. The first-order valence-electron chi connectivity index (χ1n) is 8.49. The second-order valence-corrected chi connectivity index (χ2v) is 7.00. The molecule has 1 saturated heterocycles. The molecular weight excluding hydrogens is 339 g/mol. The highest BCUT2D eigenvalue weighted by Gasteiger charge is 2.40. The van der Waals surface area contributed by atoms with Crippen molar-refractivity contribution in [3.63, 3.8) is 0 Å². The number of hydrogen-bond donors (Lipinski definition) is 3. The van der Waals surface area contributed by atoms with Gasteiger partial charge in [0.2, 0.25) is 0 Å². The van der Waals surface area contributed by atoms with Gasteiger partial charge in [0.25, 0.3) is 0 Å². The lowest BCUT2D eigenvalue weighted by Crippen LogP contribution is -2.57. The first-order chi connectivity index (χ1) is 12.1. The number of aliphatic imine (C=N–C) groups is 1. The molecule has 4 nitrogen and oxygen atoms in total. The van der Waals surface area contributed by atoms with Gasteiger partial charge in [-0.2, -0.15) is 0 Å². The Hall–Kier alpha value is -2.11. The SMILES string of the molecule is Fc1ccc2c(c1)NC1(CCNCC1)C(=NCc1cccc(Cl)c1)N2. The third-order valence-electron chi connectivity index (χ3n) is 4.83. The zero-order valence-electron chi connectivity index (χ0n) is 13.8. The van der Waals surface area contributed by atoms with Gasteiger partial charge in [0.05, 0.1) is 23.5 Å². The van der Waals surface area contributed by atoms with E-state index in [1.54, 1.807) is 12.1 Å². The second-order valence-electron chi connectivity index (χ2n) is 6.57. The summed E-state index contributed by atoms with van der Waals surface area (Å²) in [6, 6.07) is 12.5. The molecule has 130 valence electrons. The summed E-state index contributed by atoms with van der Waals surface area (Å²) in [4.78, 5) is 4.86. The quantitative estimate of drug-likeness (QED) is 0.759. The van der Waals surface area contributed by atoms with Crippen molar-refractivity contribution in [1.29, 1.82) is 0 Å². The minimum atomic E-state index is -0.287. The summed E-state index contributed by atoms with van der Waals surface area (Å²) in [6.45, 7) is 2.35. The van der Waals surface area contributed by atoms with E-state index in [4.69, 9.17) is 16.6 Å². The molecule has 0 radical (unpaired) electrons. The van der Waals surface area contributed by atoms with E-state index in [9.17, 15) is 4.39 Å². The smallest absolute Gasteiger partial charge is 0.127 e. The molecule has 2 aliphatic heterocycles. The zero-order chi connectivity index (χ0) is 17.3. The molecule has 25 heavy (non-hydrogen) atoms. The summed E-state index contributed by atoms with van der Waals surface area (Å²) < 4.78 is 13.6. The number of fused-ring (bicyclic) bond motifs is 1. The maximum atomic E-state index is 13.6. The fourth-order valence-corrected chi connectivity index (χ4v) is 3.72. The molecule has 0 aromatic heterocycles. The lowest BCUT2D eigenvalue weighted by molar-refractivity contribution is 0.419. The van der Waals surface area contributed by atoms with Crippen LogP contribution in [0.4, 0.5) is 15.8 Å². The Morgan fingerprint density at radius 1 is 1.08 bits per heavy atom. The van der Waals surface area contributed by atoms with Crippen molar-refractivity contribution in [2.24, 2.45) is 4.99 Å². The van der Waals surface area contributed by atoms with E-state index < -0.39 is 0 Å². The van der Waals surface area contributed by atoms with Crippen molar-refractivity contribution in [3.05, 3.63) is 58.9 Å². The van der Waals surface area contributed by atoms with Crippen LogP contribution in [0.2, 0.25) is 5.02 Å². The van der Waals surface area contributed by atoms with E-state index in [1.807, 2.05) is 24.3 Å². The predicted molar refractivity (Wildman–Crippen MR) is 101 cm³/mol. The number of nitrogens with one attached hydrogen (secondary N) is 3. The van der Waals surface area contributed by atoms with E-state index in [1.165, 1.54) is 6.07 Å². The Morgan fingerprint density at radius 3 is 2.72 bits per heavy atom. The summed E-state index contributed by atoms with van der Waals surface area (Å²) in [6.07, 6.45) is 1.79. The molecule has 2 aromatic rings. The summed E-state index contributed by atoms with van der Waals surface area (Å²) in [5, 5.41) is 11.1. The molecule has 0 atom stereocenters. The maximum Gasteiger partial charge on any atom is 0.127 e. The van der Waals surface area contributed by atoms with Gasteiger partial charge in [-0.25, -0.2) is 4.39 Å². The van der Waals surface area contributed by atoms with E-state index in [0.717, 1.165) is 48.7 Å². The Labute approximate surface area is 151 Å². The van der Waals surface area contributed by atoms with Crippen molar-refractivity contribution >= 4 is 28.8 Å². The maximum absolute atomic E-state index is 13.6. The van der Waals surface area contributed by atoms with Gasteiger partial charge in [-0.15, -0.1) is 0 Å². The molecular formula is C19H20ClFN4. The molecule has 6 heteroatoms. The van der Waals surface area contributed by atoms with E-state index >= 15 is 0 Å². The monoisotopic (exact) mass is 358 g/mol. The van der Waals surface area contributed by atoms with E-state index in [2.05, 4.69) is 16.0 Å². The minimum Gasteiger partial charge on any atom is -0.371 e. The molecule has 0 saturated carbocycles. The van der Waals surface area contributed by atoms with Crippen molar-refractivity contribution in [3.8, 4) is 0 Å². The Bertz CT molecular complexity index is 815. The molecule has 1 fully saturated rings. The summed E-state index contributed by atoms with van der Waals surface area (Å²) in [5.41, 5.74) is 2.43. The van der Waals surface area contributed by atoms with Crippen LogP contribution < -0.4 is 16.0 Å². The van der Waals surface area contributed by atoms with E-state index in [0.29, 0.717) is 11.6 Å². The third kappa shape index (κ3) is 3.34. The van der Waals surface area contributed by atoms with Crippen LogP contribution in [-0.2, 0) is 6.54 Å². The van der Waals surface area contributed by atoms with Gasteiger partial charge in [-0.3, -0.25) is 4.99 Å². The third-order valence-corrected chi connectivity index (χ3v) is 5.06. The van der Waals surface area contributed by atoms with E-state index in [-0.39, 0.29) is 11.4 Å². The number of piperidine rings is 1. The zero-order valence-corrected chi connectivity index (χ0v) is 14.5. The molecule has 1 spiro atoms. The Balaban J connectivity index is 1.68. The summed E-state index contributed by atoms with van der Waals surface area (Å²) in [7, 11) is 0. The minimum absolute atomic E-state index is 0.239. The van der Waals surface area contributed by atoms with Gasteiger partial charge in [-0.05, 0) is 61.8 Å². The molecule has 0 aliphatic carbocycles. The number of halogens is 2.